The van der Waals surface area contributed by atoms with Crippen molar-refractivity contribution in [1.82, 2.24) is 9.80 Å². The molecule has 0 spiro atoms. The van der Waals surface area contributed by atoms with Crippen molar-refractivity contribution in [2.75, 3.05) is 39.3 Å². The highest BCUT2D eigenvalue weighted by atomic mass is 19.2. The maximum absolute atomic E-state index is 13.8. The SMILES string of the molecule is CCC1(N2CCN(CCc3cccc(F)c3F)CC2)CCOC(C)(C)C1. The van der Waals surface area contributed by atoms with E-state index in [0.29, 0.717) is 12.0 Å². The summed E-state index contributed by atoms with van der Waals surface area (Å²) in [5.74, 6) is -1.44. The number of benzene rings is 1. The van der Waals surface area contributed by atoms with E-state index in [-0.39, 0.29) is 11.1 Å². The molecule has 1 unspecified atom stereocenters. The average Bonchev–Trinajstić information content (AvgIpc) is 2.62. The molecule has 146 valence electrons. The second-order valence-electron chi connectivity index (χ2n) is 8.40. The molecule has 0 radical (unpaired) electrons. The quantitative estimate of drug-likeness (QED) is 0.787. The molecule has 5 heteroatoms. The van der Waals surface area contributed by atoms with E-state index in [1.54, 1.807) is 12.1 Å². The molecule has 2 saturated heterocycles. The van der Waals surface area contributed by atoms with E-state index in [1.807, 2.05) is 0 Å². The Kier molecular flexibility index (Phi) is 6.00. The van der Waals surface area contributed by atoms with Gasteiger partial charge in [-0.25, -0.2) is 8.78 Å². The van der Waals surface area contributed by atoms with E-state index < -0.39 is 11.6 Å². The first-order valence-electron chi connectivity index (χ1n) is 9.89. The van der Waals surface area contributed by atoms with Crippen LogP contribution in [0.15, 0.2) is 18.2 Å². The van der Waals surface area contributed by atoms with Crippen LogP contribution in [-0.2, 0) is 11.2 Å². The third-order valence-electron chi connectivity index (χ3n) is 6.25. The van der Waals surface area contributed by atoms with Crippen LogP contribution in [0.5, 0.6) is 0 Å². The van der Waals surface area contributed by atoms with Gasteiger partial charge in [0.05, 0.1) is 5.60 Å². The van der Waals surface area contributed by atoms with Gasteiger partial charge in [-0.15, -0.1) is 0 Å². The van der Waals surface area contributed by atoms with E-state index in [2.05, 4.69) is 30.6 Å². The van der Waals surface area contributed by atoms with E-state index in [0.717, 1.165) is 58.6 Å². The monoisotopic (exact) mass is 366 g/mol. The Labute approximate surface area is 156 Å². The molecule has 3 rings (SSSR count). The van der Waals surface area contributed by atoms with Gasteiger partial charge < -0.3 is 9.64 Å². The van der Waals surface area contributed by atoms with Crippen LogP contribution >= 0.6 is 0 Å². The van der Waals surface area contributed by atoms with E-state index in [9.17, 15) is 8.78 Å². The van der Waals surface area contributed by atoms with Gasteiger partial charge in [-0.05, 0) is 51.2 Å². The molecular formula is C21H32F2N2O. The summed E-state index contributed by atoms with van der Waals surface area (Å²) in [7, 11) is 0. The molecule has 3 nitrogen and oxygen atoms in total. The summed E-state index contributed by atoms with van der Waals surface area (Å²) in [4.78, 5) is 5.02. The third-order valence-corrected chi connectivity index (χ3v) is 6.25. The summed E-state index contributed by atoms with van der Waals surface area (Å²) in [6, 6.07) is 4.45. The number of rotatable bonds is 5. The van der Waals surface area contributed by atoms with Gasteiger partial charge in [0.1, 0.15) is 0 Å². The maximum Gasteiger partial charge on any atom is 0.162 e. The number of nitrogens with zero attached hydrogens (tertiary/aromatic N) is 2. The summed E-state index contributed by atoms with van der Waals surface area (Å²) in [6.45, 7) is 12.3. The zero-order valence-electron chi connectivity index (χ0n) is 16.4. The Bertz CT molecular complexity index is 614. The highest BCUT2D eigenvalue weighted by molar-refractivity contribution is 5.19. The molecule has 0 aliphatic carbocycles. The minimum atomic E-state index is -0.751. The summed E-state index contributed by atoms with van der Waals surface area (Å²) >= 11 is 0. The maximum atomic E-state index is 13.8. The zero-order chi connectivity index (χ0) is 18.8. The minimum Gasteiger partial charge on any atom is -0.375 e. The minimum absolute atomic E-state index is 0.0553. The van der Waals surface area contributed by atoms with Crippen molar-refractivity contribution in [3.63, 3.8) is 0 Å². The van der Waals surface area contributed by atoms with Gasteiger partial charge in [0.2, 0.25) is 0 Å². The molecule has 26 heavy (non-hydrogen) atoms. The van der Waals surface area contributed by atoms with Crippen molar-refractivity contribution >= 4 is 0 Å². The van der Waals surface area contributed by atoms with Crippen LogP contribution in [0, 0.1) is 11.6 Å². The molecule has 0 saturated carbocycles. The first-order valence-corrected chi connectivity index (χ1v) is 9.89. The second-order valence-corrected chi connectivity index (χ2v) is 8.40. The van der Waals surface area contributed by atoms with Crippen molar-refractivity contribution in [3.05, 3.63) is 35.4 Å². The molecule has 2 heterocycles. The van der Waals surface area contributed by atoms with Gasteiger partial charge >= 0.3 is 0 Å². The highest BCUT2D eigenvalue weighted by Crippen LogP contribution is 2.39. The van der Waals surface area contributed by atoms with Crippen molar-refractivity contribution in [1.29, 1.82) is 0 Å². The fraction of sp³-hybridized carbons (Fsp3) is 0.714. The van der Waals surface area contributed by atoms with Crippen LogP contribution in [0.1, 0.15) is 45.6 Å². The van der Waals surface area contributed by atoms with E-state index >= 15 is 0 Å². The lowest BCUT2D eigenvalue weighted by molar-refractivity contribution is -0.128. The zero-order valence-corrected chi connectivity index (χ0v) is 16.4. The molecule has 0 bridgehead atoms. The number of hydrogen-bond acceptors (Lipinski definition) is 3. The lowest BCUT2D eigenvalue weighted by Crippen LogP contribution is -2.61. The number of halogens is 2. The summed E-state index contributed by atoms with van der Waals surface area (Å²) < 4.78 is 33.1. The van der Waals surface area contributed by atoms with Gasteiger partial charge in [0, 0.05) is 44.9 Å². The Morgan fingerprint density at radius 3 is 2.50 bits per heavy atom. The molecule has 0 aromatic heterocycles. The molecule has 0 amide bonds. The fourth-order valence-electron chi connectivity index (χ4n) is 4.71. The Hall–Kier alpha value is -1.04. The second kappa shape index (κ2) is 7.91. The van der Waals surface area contributed by atoms with Crippen LogP contribution in [-0.4, -0.2) is 60.3 Å². The molecule has 2 aliphatic heterocycles. The van der Waals surface area contributed by atoms with Gasteiger partial charge in [0.15, 0.2) is 11.6 Å². The Morgan fingerprint density at radius 2 is 1.85 bits per heavy atom. The van der Waals surface area contributed by atoms with Crippen LogP contribution in [0.3, 0.4) is 0 Å². The van der Waals surface area contributed by atoms with Crippen molar-refractivity contribution in [3.8, 4) is 0 Å². The predicted octanol–water partition coefficient (Wildman–Crippen LogP) is 3.86. The summed E-state index contributed by atoms with van der Waals surface area (Å²) in [5, 5.41) is 0. The Balaban J connectivity index is 1.54. The lowest BCUT2D eigenvalue weighted by Gasteiger charge is -2.53. The molecular weight excluding hydrogens is 334 g/mol. The van der Waals surface area contributed by atoms with Crippen LogP contribution in [0.2, 0.25) is 0 Å². The Morgan fingerprint density at radius 1 is 1.12 bits per heavy atom. The van der Waals surface area contributed by atoms with Gasteiger partial charge in [0.25, 0.3) is 0 Å². The van der Waals surface area contributed by atoms with Crippen LogP contribution < -0.4 is 0 Å². The average molecular weight is 366 g/mol. The summed E-state index contributed by atoms with van der Waals surface area (Å²) in [5.41, 5.74) is 0.659. The fourth-order valence-corrected chi connectivity index (χ4v) is 4.71. The van der Waals surface area contributed by atoms with Crippen molar-refractivity contribution in [2.24, 2.45) is 0 Å². The first-order chi connectivity index (χ1) is 12.4. The molecule has 0 N–H and O–H groups in total. The first kappa shape index (κ1) is 19.7. The van der Waals surface area contributed by atoms with E-state index in [4.69, 9.17) is 4.74 Å². The lowest BCUT2D eigenvalue weighted by atomic mass is 9.77. The van der Waals surface area contributed by atoms with Crippen LogP contribution in [0.25, 0.3) is 0 Å². The third kappa shape index (κ3) is 4.26. The van der Waals surface area contributed by atoms with Gasteiger partial charge in [-0.1, -0.05) is 19.1 Å². The molecule has 2 fully saturated rings. The molecule has 1 aromatic rings. The van der Waals surface area contributed by atoms with Crippen molar-refractivity contribution in [2.45, 2.75) is 57.6 Å². The predicted molar refractivity (Wildman–Crippen MR) is 100 cm³/mol. The van der Waals surface area contributed by atoms with E-state index in [1.165, 1.54) is 6.07 Å². The highest BCUT2D eigenvalue weighted by Gasteiger charge is 2.44. The standard InChI is InChI=1S/C21H32F2N2O/c1-4-21(9-15-26-20(2,3)16-21)25-13-11-24(12-14-25)10-8-17-6-5-7-18(22)19(17)23/h5-7H,4,8-16H2,1-3H3. The number of piperazine rings is 1. The van der Waals surface area contributed by atoms with Crippen molar-refractivity contribution < 1.29 is 13.5 Å². The molecule has 1 atom stereocenters. The molecule has 2 aliphatic rings. The molecule has 1 aromatic carbocycles. The normalized spacial score (nSPS) is 27.6. The number of hydrogen-bond donors (Lipinski definition) is 0. The largest absolute Gasteiger partial charge is 0.375 e. The van der Waals surface area contributed by atoms with Gasteiger partial charge in [-0.2, -0.15) is 0 Å². The summed E-state index contributed by atoms with van der Waals surface area (Å²) in [6.07, 6.45) is 3.88. The van der Waals surface area contributed by atoms with Crippen LogP contribution in [0.4, 0.5) is 8.78 Å². The topological polar surface area (TPSA) is 15.7 Å². The number of ether oxygens (including phenoxy) is 1. The van der Waals surface area contributed by atoms with Gasteiger partial charge in [-0.3, -0.25) is 4.90 Å². The smallest absolute Gasteiger partial charge is 0.162 e.